The maximum atomic E-state index is 16.2. The summed E-state index contributed by atoms with van der Waals surface area (Å²) in [4.78, 5) is 8.69. The number of halogens is 2. The van der Waals surface area contributed by atoms with E-state index < -0.39 is 0 Å². The molecule has 65 heavy (non-hydrogen) atoms. The van der Waals surface area contributed by atoms with Gasteiger partial charge in [-0.05, 0) is 151 Å². The van der Waals surface area contributed by atoms with Gasteiger partial charge in [-0.1, -0.05) is 140 Å². The fourth-order valence-corrected chi connectivity index (χ4v) is 12.3. The molecule has 0 saturated heterocycles. The maximum Gasteiger partial charge on any atom is 0.131 e. The smallest absolute Gasteiger partial charge is 0.131 e. The van der Waals surface area contributed by atoms with Crippen LogP contribution >= 0.6 is 11.7 Å². The van der Waals surface area contributed by atoms with Gasteiger partial charge < -0.3 is 4.98 Å². The standard InChI is InChI=1S/C58H68F2N4S/c1-6-10-12-14-37-16-20-41(21-17-37)43-24-30-49(51(59)34-43)47-28-26-45(32-39(47)8-3)53-55-56(62-36(5)61-55)54(58-57(53)63-65-64-58)46-27-29-48(40(9-4)33-46)50-31-25-44(35-52(50)60)42-22-18-38(19-23-42)15-13-11-7-2/h24-35,37-38,41-42H,6-23H2,1-5H3,(H,61,62). The molecule has 0 amide bonds. The predicted octanol–water partition coefficient (Wildman–Crippen LogP) is 17.7. The first-order valence-corrected chi connectivity index (χ1v) is 26.0. The number of fused-ring (bicyclic) bond motifs is 2. The molecule has 7 aromatic rings. The topological polar surface area (TPSA) is 54.5 Å². The summed E-state index contributed by atoms with van der Waals surface area (Å²) in [5.41, 5.74) is 14.8. The van der Waals surface area contributed by atoms with Gasteiger partial charge in [0, 0.05) is 22.3 Å². The molecule has 4 nitrogen and oxygen atoms in total. The van der Waals surface area contributed by atoms with Crippen LogP contribution in [0.15, 0.2) is 72.8 Å². The molecule has 2 saturated carbocycles. The van der Waals surface area contributed by atoms with Crippen molar-refractivity contribution < 1.29 is 8.78 Å². The summed E-state index contributed by atoms with van der Waals surface area (Å²) in [6.07, 6.45) is 21.7. The molecule has 0 radical (unpaired) electrons. The van der Waals surface area contributed by atoms with Crippen molar-refractivity contribution in [3.05, 3.63) is 113 Å². The van der Waals surface area contributed by atoms with Crippen molar-refractivity contribution in [1.29, 1.82) is 0 Å². The number of nitrogens with one attached hydrogen (secondary N) is 1. The third-order valence-corrected chi connectivity index (χ3v) is 16.0. The average Bonchev–Trinajstić information content (AvgIpc) is 3.97. The summed E-state index contributed by atoms with van der Waals surface area (Å²) in [6, 6.07) is 24.8. The highest BCUT2D eigenvalue weighted by Crippen LogP contribution is 2.46. The van der Waals surface area contributed by atoms with Crippen LogP contribution in [0.4, 0.5) is 8.78 Å². The van der Waals surface area contributed by atoms with E-state index in [1.54, 1.807) is 0 Å². The Morgan fingerprint density at radius 1 is 0.538 bits per heavy atom. The first-order chi connectivity index (χ1) is 31.8. The van der Waals surface area contributed by atoms with Crippen LogP contribution in [0.2, 0.25) is 0 Å². The van der Waals surface area contributed by atoms with Gasteiger partial charge in [-0.15, -0.1) is 0 Å². The monoisotopic (exact) mass is 891 g/mol. The molecule has 5 aromatic carbocycles. The zero-order chi connectivity index (χ0) is 45.0. The molecule has 340 valence electrons. The number of H-pyrrole nitrogens is 1. The summed E-state index contributed by atoms with van der Waals surface area (Å²) < 4.78 is 42.2. The first kappa shape index (κ1) is 45.4. The number of imidazole rings is 1. The minimum Gasteiger partial charge on any atom is -0.342 e. The van der Waals surface area contributed by atoms with Crippen molar-refractivity contribution >= 4 is 33.8 Å². The van der Waals surface area contributed by atoms with Crippen LogP contribution in [0.5, 0.6) is 0 Å². The lowest BCUT2D eigenvalue weighted by Crippen LogP contribution is -2.13. The Balaban J connectivity index is 0.994. The molecule has 0 spiro atoms. The normalized spacial score (nSPS) is 19.1. The zero-order valence-electron chi connectivity index (χ0n) is 39.5. The molecule has 1 N–H and O–H groups in total. The molecule has 7 heteroatoms. The lowest BCUT2D eigenvalue weighted by Gasteiger charge is -2.29. The third kappa shape index (κ3) is 9.46. The summed E-state index contributed by atoms with van der Waals surface area (Å²) in [5.74, 6) is 3.07. The second kappa shape index (κ2) is 20.4. The molecule has 2 aromatic heterocycles. The number of hydrogen-bond acceptors (Lipinski definition) is 4. The minimum atomic E-state index is -0.140. The molecule has 2 heterocycles. The van der Waals surface area contributed by atoms with Crippen molar-refractivity contribution in [2.45, 2.75) is 162 Å². The van der Waals surface area contributed by atoms with Gasteiger partial charge in [0.2, 0.25) is 0 Å². The van der Waals surface area contributed by atoms with E-state index in [9.17, 15) is 0 Å². The van der Waals surface area contributed by atoms with Crippen LogP contribution in [0.1, 0.15) is 170 Å². The van der Waals surface area contributed by atoms with Crippen molar-refractivity contribution in [2.75, 3.05) is 0 Å². The second-order valence-corrected chi connectivity index (χ2v) is 20.1. The number of unbranched alkanes of at least 4 members (excludes halogenated alkanes) is 4. The van der Waals surface area contributed by atoms with Crippen LogP contribution in [0.25, 0.3) is 66.6 Å². The Bertz CT molecular complexity index is 2570. The zero-order valence-corrected chi connectivity index (χ0v) is 40.3. The molecular weight excluding hydrogens is 823 g/mol. The number of nitrogens with zero attached hydrogens (tertiary/aromatic N) is 3. The second-order valence-electron chi connectivity index (χ2n) is 19.6. The Morgan fingerprint density at radius 3 is 1.46 bits per heavy atom. The molecule has 0 aliphatic heterocycles. The van der Waals surface area contributed by atoms with E-state index in [-0.39, 0.29) is 11.6 Å². The van der Waals surface area contributed by atoms with E-state index in [0.717, 1.165) is 134 Å². The number of aromatic nitrogens is 4. The van der Waals surface area contributed by atoms with Crippen LogP contribution in [0.3, 0.4) is 0 Å². The van der Waals surface area contributed by atoms with Crippen molar-refractivity contribution in [2.24, 2.45) is 11.8 Å². The molecule has 0 atom stereocenters. The van der Waals surface area contributed by atoms with E-state index in [1.165, 1.54) is 88.8 Å². The van der Waals surface area contributed by atoms with Gasteiger partial charge >= 0.3 is 0 Å². The van der Waals surface area contributed by atoms with E-state index in [0.29, 0.717) is 23.0 Å². The fourth-order valence-electron chi connectivity index (χ4n) is 11.7. The molecule has 9 rings (SSSR count). The summed E-state index contributed by atoms with van der Waals surface area (Å²) in [6.45, 7) is 10.8. The van der Waals surface area contributed by atoms with Crippen LogP contribution in [-0.4, -0.2) is 18.7 Å². The first-order valence-electron chi connectivity index (χ1n) is 25.3. The molecular formula is C58H68F2N4S. The SMILES string of the molecule is CCCCCC1CCC(c2ccc(-c3ccc(-c4c5nsnc5c(-c5ccc(-c6ccc(C7CCC(CCCCC)CC7)cc6F)c(CC)c5)c5[nH]c(C)nc45)cc3CC)c(F)c2)CC1. The average molecular weight is 891 g/mol. The van der Waals surface area contributed by atoms with Gasteiger partial charge in [-0.3, -0.25) is 0 Å². The maximum absolute atomic E-state index is 16.2. The summed E-state index contributed by atoms with van der Waals surface area (Å²) in [5, 5.41) is 0. The van der Waals surface area contributed by atoms with Crippen molar-refractivity contribution in [1.82, 2.24) is 18.7 Å². The lowest BCUT2D eigenvalue weighted by molar-refractivity contribution is 0.302. The predicted molar refractivity (Wildman–Crippen MR) is 270 cm³/mol. The van der Waals surface area contributed by atoms with E-state index in [4.69, 9.17) is 13.7 Å². The number of aryl methyl sites for hydroxylation is 3. The van der Waals surface area contributed by atoms with Gasteiger partial charge in [0.15, 0.2) is 0 Å². The van der Waals surface area contributed by atoms with Gasteiger partial charge in [0.05, 0.1) is 22.8 Å². The van der Waals surface area contributed by atoms with Gasteiger partial charge in [-0.25, -0.2) is 13.8 Å². The van der Waals surface area contributed by atoms with Gasteiger partial charge in [0.1, 0.15) is 28.5 Å². The molecule has 0 bridgehead atoms. The highest BCUT2D eigenvalue weighted by atomic mass is 32.1. The Morgan fingerprint density at radius 2 is 1.00 bits per heavy atom. The lowest BCUT2D eigenvalue weighted by atomic mass is 9.76. The van der Waals surface area contributed by atoms with E-state index >= 15 is 8.78 Å². The largest absolute Gasteiger partial charge is 0.342 e. The Kier molecular flexibility index (Phi) is 14.3. The Labute approximate surface area is 390 Å². The summed E-state index contributed by atoms with van der Waals surface area (Å²) in [7, 11) is 0. The number of hydrogen-bond donors (Lipinski definition) is 1. The highest BCUT2D eigenvalue weighted by molar-refractivity contribution is 7.00. The van der Waals surface area contributed by atoms with Gasteiger partial charge in [0.25, 0.3) is 0 Å². The van der Waals surface area contributed by atoms with Crippen LogP contribution in [-0.2, 0) is 12.8 Å². The van der Waals surface area contributed by atoms with Crippen molar-refractivity contribution in [3.8, 4) is 44.5 Å². The highest BCUT2D eigenvalue weighted by Gasteiger charge is 2.27. The third-order valence-electron chi connectivity index (χ3n) is 15.5. The molecule has 2 aliphatic rings. The van der Waals surface area contributed by atoms with Crippen LogP contribution in [0, 0.1) is 30.4 Å². The van der Waals surface area contributed by atoms with Crippen molar-refractivity contribution in [3.63, 3.8) is 0 Å². The number of rotatable bonds is 16. The van der Waals surface area contributed by atoms with Crippen LogP contribution < -0.4 is 0 Å². The van der Waals surface area contributed by atoms with Gasteiger partial charge in [-0.2, -0.15) is 8.75 Å². The van der Waals surface area contributed by atoms with E-state index in [1.807, 2.05) is 31.2 Å². The fraction of sp³-hybridized carbons (Fsp3) is 0.466. The quantitative estimate of drug-likeness (QED) is 0.0984. The minimum absolute atomic E-state index is 0.139. The number of aromatic amines is 1. The molecule has 2 aliphatic carbocycles. The Hall–Kier alpha value is -4.75. The summed E-state index contributed by atoms with van der Waals surface area (Å²) >= 11 is 1.21. The molecule has 0 unspecified atom stereocenters. The number of benzene rings is 5. The van der Waals surface area contributed by atoms with E-state index in [2.05, 4.69) is 81.2 Å². The molecule has 2 fully saturated rings.